The Hall–Kier alpha value is -2.15. The summed E-state index contributed by atoms with van der Waals surface area (Å²) in [7, 11) is -6.32. The first-order chi connectivity index (χ1) is 12.9. The van der Waals surface area contributed by atoms with Gasteiger partial charge in [-0.05, 0) is 42.4 Å². The number of hydrogen-bond donors (Lipinski definition) is 2. The first-order valence-electron chi connectivity index (χ1n) is 7.75. The van der Waals surface area contributed by atoms with Gasteiger partial charge < -0.3 is 4.74 Å². The molecule has 2 aromatic rings. The molecular weight excluding hydrogens is 421 g/mol. The van der Waals surface area contributed by atoms with Gasteiger partial charge in [-0.1, -0.05) is 24.3 Å². The summed E-state index contributed by atoms with van der Waals surface area (Å²) in [5, 5.41) is 0. The number of halogens is 3. The summed E-state index contributed by atoms with van der Waals surface area (Å²) in [5.41, 5.74) is 0.857. The van der Waals surface area contributed by atoms with Crippen molar-refractivity contribution in [1.82, 2.24) is 9.44 Å². The highest BCUT2D eigenvalue weighted by atomic mass is 32.2. The summed E-state index contributed by atoms with van der Waals surface area (Å²) in [6.45, 7) is -0.196. The molecule has 0 heterocycles. The topological polar surface area (TPSA) is 102 Å². The van der Waals surface area contributed by atoms with Crippen LogP contribution in [0.15, 0.2) is 53.4 Å². The van der Waals surface area contributed by atoms with Gasteiger partial charge in [-0.3, -0.25) is 0 Å². The van der Waals surface area contributed by atoms with Crippen LogP contribution in [0, 0.1) is 0 Å². The fraction of sp³-hybridized carbons (Fsp3) is 0.250. The molecule has 2 N–H and O–H groups in total. The summed E-state index contributed by atoms with van der Waals surface area (Å²) >= 11 is 0. The fourth-order valence-corrected chi connectivity index (χ4v) is 4.07. The first-order valence-corrected chi connectivity index (χ1v) is 10.9. The van der Waals surface area contributed by atoms with Gasteiger partial charge in [0, 0.05) is 6.54 Å². The van der Waals surface area contributed by atoms with E-state index in [2.05, 4.69) is 14.2 Å². The minimum Gasteiger partial charge on any atom is -0.406 e. The van der Waals surface area contributed by atoms with Gasteiger partial charge >= 0.3 is 6.36 Å². The number of rotatable bonds is 8. The van der Waals surface area contributed by atoms with E-state index in [0.717, 1.165) is 24.3 Å². The molecule has 0 amide bonds. The van der Waals surface area contributed by atoms with E-state index in [-0.39, 0.29) is 17.2 Å². The lowest BCUT2D eigenvalue weighted by atomic mass is 10.1. The Labute approximate surface area is 160 Å². The van der Waals surface area contributed by atoms with Crippen molar-refractivity contribution in [2.24, 2.45) is 0 Å². The van der Waals surface area contributed by atoms with E-state index in [4.69, 9.17) is 0 Å². The predicted octanol–water partition coefficient (Wildman–Crippen LogP) is 2.11. The molecule has 0 radical (unpaired) electrons. The van der Waals surface area contributed by atoms with Gasteiger partial charge in [-0.25, -0.2) is 26.3 Å². The average molecular weight is 438 g/mol. The highest BCUT2D eigenvalue weighted by Gasteiger charge is 2.31. The molecule has 0 aliphatic heterocycles. The highest BCUT2D eigenvalue weighted by molar-refractivity contribution is 7.89. The van der Waals surface area contributed by atoms with E-state index in [9.17, 15) is 30.0 Å². The number of ether oxygens (including phenoxy) is 1. The SMILES string of the molecule is CNS(=O)(=O)Cc1ccccc1CNS(=O)(=O)c1ccc(OC(F)(F)F)cc1. The van der Waals surface area contributed by atoms with Crippen molar-refractivity contribution >= 4 is 20.0 Å². The largest absolute Gasteiger partial charge is 0.573 e. The predicted molar refractivity (Wildman–Crippen MR) is 95.3 cm³/mol. The molecular formula is C16H17F3N2O5S2. The van der Waals surface area contributed by atoms with Crippen molar-refractivity contribution in [3.05, 3.63) is 59.7 Å². The van der Waals surface area contributed by atoms with Crippen molar-refractivity contribution in [1.29, 1.82) is 0 Å². The van der Waals surface area contributed by atoms with E-state index in [0.29, 0.717) is 11.1 Å². The standard InChI is InChI=1S/C16H17F3N2O5S2/c1-20-27(22,23)11-13-5-3-2-4-12(13)10-21-28(24,25)15-8-6-14(7-9-15)26-16(17,18)19/h2-9,20-21H,10-11H2,1H3. The Balaban J connectivity index is 2.14. The van der Waals surface area contributed by atoms with E-state index in [1.165, 1.54) is 7.05 Å². The molecule has 0 unspecified atom stereocenters. The van der Waals surface area contributed by atoms with Crippen LogP contribution in [0.3, 0.4) is 0 Å². The molecule has 2 rings (SSSR count). The van der Waals surface area contributed by atoms with Crippen LogP contribution < -0.4 is 14.2 Å². The average Bonchev–Trinajstić information content (AvgIpc) is 2.60. The molecule has 7 nitrogen and oxygen atoms in total. The van der Waals surface area contributed by atoms with Crippen LogP contribution in [0.5, 0.6) is 5.75 Å². The lowest BCUT2D eigenvalue weighted by Gasteiger charge is -2.12. The minimum absolute atomic E-state index is 0.196. The Bertz CT molecular complexity index is 1020. The van der Waals surface area contributed by atoms with Crippen LogP contribution in [0.4, 0.5) is 13.2 Å². The molecule has 0 aromatic heterocycles. The maximum Gasteiger partial charge on any atom is 0.573 e. The van der Waals surface area contributed by atoms with Gasteiger partial charge in [0.15, 0.2) is 0 Å². The van der Waals surface area contributed by atoms with Crippen LogP contribution in [0.25, 0.3) is 0 Å². The zero-order chi connectivity index (χ0) is 21.0. The van der Waals surface area contributed by atoms with Gasteiger partial charge in [0.2, 0.25) is 20.0 Å². The maximum absolute atomic E-state index is 12.3. The van der Waals surface area contributed by atoms with E-state index < -0.39 is 32.2 Å². The lowest BCUT2D eigenvalue weighted by Crippen LogP contribution is -2.25. The van der Waals surface area contributed by atoms with Crippen molar-refractivity contribution in [2.45, 2.75) is 23.6 Å². The van der Waals surface area contributed by atoms with E-state index >= 15 is 0 Å². The van der Waals surface area contributed by atoms with Gasteiger partial charge in [-0.2, -0.15) is 0 Å². The molecule has 0 bridgehead atoms. The minimum atomic E-state index is -4.88. The summed E-state index contributed by atoms with van der Waals surface area (Å²) < 4.78 is 92.8. The molecule has 12 heteroatoms. The fourth-order valence-electron chi connectivity index (χ4n) is 2.22. The number of hydrogen-bond acceptors (Lipinski definition) is 5. The zero-order valence-electron chi connectivity index (χ0n) is 14.5. The van der Waals surface area contributed by atoms with Crippen molar-refractivity contribution in [3.63, 3.8) is 0 Å². The Kier molecular flexibility index (Phi) is 6.70. The monoisotopic (exact) mass is 438 g/mol. The second-order valence-corrected chi connectivity index (χ2v) is 9.27. The molecule has 0 spiro atoms. The third kappa shape index (κ3) is 6.48. The quantitative estimate of drug-likeness (QED) is 0.658. The second-order valence-electron chi connectivity index (χ2n) is 5.58. The lowest BCUT2D eigenvalue weighted by molar-refractivity contribution is -0.274. The molecule has 28 heavy (non-hydrogen) atoms. The molecule has 0 saturated carbocycles. The molecule has 0 saturated heterocycles. The van der Waals surface area contributed by atoms with E-state index in [1.54, 1.807) is 24.3 Å². The van der Waals surface area contributed by atoms with Crippen LogP contribution in [-0.4, -0.2) is 30.2 Å². The van der Waals surface area contributed by atoms with Crippen LogP contribution >= 0.6 is 0 Å². The third-order valence-corrected chi connectivity index (χ3v) is 6.33. The van der Waals surface area contributed by atoms with Gasteiger partial charge in [0.05, 0.1) is 10.6 Å². The van der Waals surface area contributed by atoms with Gasteiger partial charge in [0.1, 0.15) is 5.75 Å². The molecule has 0 fully saturated rings. The maximum atomic E-state index is 12.3. The first kappa shape index (κ1) is 22.1. The normalized spacial score (nSPS) is 12.7. The van der Waals surface area contributed by atoms with Crippen molar-refractivity contribution < 1.29 is 34.7 Å². The number of alkyl halides is 3. The van der Waals surface area contributed by atoms with Crippen LogP contribution in [0.1, 0.15) is 11.1 Å². The third-order valence-electron chi connectivity index (χ3n) is 3.60. The van der Waals surface area contributed by atoms with Crippen molar-refractivity contribution in [2.75, 3.05) is 7.05 Å². The highest BCUT2D eigenvalue weighted by Crippen LogP contribution is 2.24. The summed E-state index contributed by atoms with van der Waals surface area (Å²) in [6.07, 6.45) is -4.88. The van der Waals surface area contributed by atoms with E-state index in [1.807, 2.05) is 0 Å². The van der Waals surface area contributed by atoms with Gasteiger partial charge in [0.25, 0.3) is 0 Å². The summed E-state index contributed by atoms with van der Waals surface area (Å²) in [5.74, 6) is -0.876. The number of sulfonamides is 2. The molecule has 154 valence electrons. The number of benzene rings is 2. The van der Waals surface area contributed by atoms with Crippen LogP contribution in [0.2, 0.25) is 0 Å². The zero-order valence-corrected chi connectivity index (χ0v) is 16.2. The van der Waals surface area contributed by atoms with Gasteiger partial charge in [-0.15, -0.1) is 13.2 Å². The van der Waals surface area contributed by atoms with Crippen molar-refractivity contribution in [3.8, 4) is 5.75 Å². The second kappa shape index (κ2) is 8.47. The molecule has 0 aliphatic carbocycles. The smallest absolute Gasteiger partial charge is 0.406 e. The molecule has 0 aliphatic rings. The molecule has 2 aromatic carbocycles. The summed E-state index contributed by atoms with van der Waals surface area (Å²) in [4.78, 5) is -0.262. The van der Waals surface area contributed by atoms with Crippen LogP contribution in [-0.2, 0) is 32.3 Å². The number of nitrogens with one attached hydrogen (secondary N) is 2. The Morgan fingerprint density at radius 2 is 1.50 bits per heavy atom. The Morgan fingerprint density at radius 3 is 2.04 bits per heavy atom. The Morgan fingerprint density at radius 1 is 0.929 bits per heavy atom. The molecule has 0 atom stereocenters. The summed E-state index contributed by atoms with van der Waals surface area (Å²) in [6, 6.07) is 10.1.